The molecule has 1 atom stereocenters. The van der Waals surface area contributed by atoms with Gasteiger partial charge in [0.05, 0.1) is 0 Å². The van der Waals surface area contributed by atoms with Gasteiger partial charge in [0.2, 0.25) is 0 Å². The van der Waals surface area contributed by atoms with Crippen molar-refractivity contribution in [3.8, 4) is 0 Å². The zero-order valence-corrected chi connectivity index (χ0v) is 5.18. The molecule has 0 bridgehead atoms. The summed E-state index contributed by atoms with van der Waals surface area (Å²) < 4.78 is 35.3. The molecular formula is C5H5F3N2. The zero-order valence-electron chi connectivity index (χ0n) is 5.18. The Morgan fingerprint density at radius 2 is 2.20 bits per heavy atom. The van der Waals surface area contributed by atoms with Crippen LogP contribution in [0.2, 0.25) is 0 Å². The smallest absolute Gasteiger partial charge is 0.288 e. The minimum absolute atomic E-state index is 0.819. The molecule has 0 fully saturated rings. The summed E-state index contributed by atoms with van der Waals surface area (Å²) in [6.07, 6.45) is -3.42. The number of alkyl halides is 3. The van der Waals surface area contributed by atoms with E-state index in [1.807, 2.05) is 0 Å². The molecule has 0 amide bonds. The van der Waals surface area contributed by atoms with Gasteiger partial charge in [-0.25, -0.2) is 0 Å². The van der Waals surface area contributed by atoms with E-state index in [1.165, 1.54) is 7.05 Å². The van der Waals surface area contributed by atoms with Crippen LogP contribution in [-0.4, -0.2) is 24.4 Å². The molecule has 1 aliphatic heterocycles. The van der Waals surface area contributed by atoms with E-state index in [1.54, 1.807) is 0 Å². The number of hydrogen-bond donors (Lipinski definition) is 0. The van der Waals surface area contributed by atoms with E-state index in [0.717, 1.165) is 11.2 Å². The molecule has 1 unspecified atom stereocenters. The number of rotatable bonds is 0. The maximum Gasteiger partial charge on any atom is 0.399 e. The Labute approximate surface area is 56.3 Å². The van der Waals surface area contributed by atoms with E-state index in [9.17, 15) is 13.2 Å². The fourth-order valence-electron chi connectivity index (χ4n) is 0.592. The predicted octanol–water partition coefficient (Wildman–Crippen LogP) is 1.13. The van der Waals surface area contributed by atoms with Gasteiger partial charge in [0.25, 0.3) is 0 Å². The third-order valence-corrected chi connectivity index (χ3v) is 1.07. The Balaban J connectivity index is 2.55. The second kappa shape index (κ2) is 2.14. The lowest BCUT2D eigenvalue weighted by Crippen LogP contribution is -2.24. The van der Waals surface area contributed by atoms with Crippen molar-refractivity contribution in [2.45, 2.75) is 6.18 Å². The summed E-state index contributed by atoms with van der Waals surface area (Å²) in [5.41, 5.74) is 0. The molecule has 0 aromatic heterocycles. The lowest BCUT2D eigenvalue weighted by molar-refractivity contribution is -0.147. The molecule has 0 spiro atoms. The average molecular weight is 150 g/mol. The molecule has 1 rings (SSSR count). The van der Waals surface area contributed by atoms with Crippen LogP contribution in [-0.2, 0) is 0 Å². The summed E-state index contributed by atoms with van der Waals surface area (Å²) in [6, 6.07) is 0. The first-order valence-electron chi connectivity index (χ1n) is 2.61. The molecule has 0 aromatic rings. The maximum absolute atomic E-state index is 11.8. The van der Waals surface area contributed by atoms with Crippen LogP contribution in [0.1, 0.15) is 0 Å². The van der Waals surface area contributed by atoms with Crippen LogP contribution in [0, 0.1) is 12.5 Å². The first kappa shape index (κ1) is 7.37. The number of nitrogens with zero attached hydrogens (tertiary/aromatic N) is 2. The van der Waals surface area contributed by atoms with Crippen molar-refractivity contribution in [3.63, 3.8) is 0 Å². The summed E-state index contributed by atoms with van der Waals surface area (Å²) in [6.45, 7) is 2.08. The van der Waals surface area contributed by atoms with Crippen LogP contribution in [0.4, 0.5) is 13.2 Å². The number of hydrogen-bond acceptors (Lipinski definition) is 2. The summed E-state index contributed by atoms with van der Waals surface area (Å²) in [4.78, 5) is 0. The van der Waals surface area contributed by atoms with E-state index in [2.05, 4.69) is 11.6 Å². The minimum atomic E-state index is -4.24. The van der Waals surface area contributed by atoms with Crippen molar-refractivity contribution in [2.75, 3.05) is 7.05 Å². The van der Waals surface area contributed by atoms with Gasteiger partial charge >= 0.3 is 6.18 Å². The van der Waals surface area contributed by atoms with Crippen LogP contribution < -0.4 is 0 Å². The van der Waals surface area contributed by atoms with Gasteiger partial charge in [-0.05, 0) is 0 Å². The van der Waals surface area contributed by atoms with Crippen molar-refractivity contribution < 1.29 is 13.2 Å². The van der Waals surface area contributed by atoms with Crippen molar-refractivity contribution in [1.82, 2.24) is 5.01 Å². The largest absolute Gasteiger partial charge is 0.399 e. The van der Waals surface area contributed by atoms with Gasteiger partial charge < -0.3 is 0 Å². The molecule has 0 N–H and O–H groups in total. The fraction of sp³-hybridized carbons (Fsp3) is 0.600. The van der Waals surface area contributed by atoms with Crippen LogP contribution in [0.15, 0.2) is 5.10 Å². The number of hydrazone groups is 1. The third-order valence-electron chi connectivity index (χ3n) is 1.07. The van der Waals surface area contributed by atoms with E-state index in [0.29, 0.717) is 0 Å². The molecule has 2 radical (unpaired) electrons. The molecular weight excluding hydrogens is 145 g/mol. The fourth-order valence-corrected chi connectivity index (χ4v) is 0.592. The standard InChI is InChI=1S/C5H5F3N2/c1-10-3-4(2-9-10)5(6,7)8/h2,4H,1H3. The molecule has 5 heteroatoms. The van der Waals surface area contributed by atoms with E-state index >= 15 is 0 Å². The van der Waals surface area contributed by atoms with Crippen LogP contribution in [0.25, 0.3) is 0 Å². The minimum Gasteiger partial charge on any atom is -0.288 e. The van der Waals surface area contributed by atoms with Crippen LogP contribution in [0.3, 0.4) is 0 Å². The molecule has 10 heavy (non-hydrogen) atoms. The summed E-state index contributed by atoms with van der Waals surface area (Å²) >= 11 is 0. The Hall–Kier alpha value is -0.740. The second-order valence-electron chi connectivity index (χ2n) is 1.94. The van der Waals surface area contributed by atoms with Crippen LogP contribution in [0.5, 0.6) is 0 Å². The van der Waals surface area contributed by atoms with Crippen molar-refractivity contribution in [2.24, 2.45) is 11.0 Å². The highest BCUT2D eigenvalue weighted by molar-refractivity contribution is 5.65. The Morgan fingerprint density at radius 3 is 2.40 bits per heavy atom. The van der Waals surface area contributed by atoms with Crippen molar-refractivity contribution in [1.29, 1.82) is 0 Å². The van der Waals surface area contributed by atoms with E-state index < -0.39 is 12.1 Å². The van der Waals surface area contributed by atoms with Gasteiger partial charge in [0, 0.05) is 13.3 Å². The van der Waals surface area contributed by atoms with Crippen molar-refractivity contribution >= 4 is 6.21 Å². The van der Waals surface area contributed by atoms with E-state index in [4.69, 9.17) is 0 Å². The highest BCUT2D eigenvalue weighted by Gasteiger charge is 2.42. The summed E-state index contributed by atoms with van der Waals surface area (Å²) in [5, 5.41) is 4.39. The molecule has 0 aliphatic carbocycles. The van der Waals surface area contributed by atoms with Gasteiger partial charge in [0.15, 0.2) is 0 Å². The lowest BCUT2D eigenvalue weighted by Gasteiger charge is -2.11. The number of halogens is 3. The molecule has 1 heterocycles. The van der Waals surface area contributed by atoms with Gasteiger partial charge in [-0.15, -0.1) is 0 Å². The monoisotopic (exact) mass is 150 g/mol. The molecule has 2 nitrogen and oxygen atoms in total. The van der Waals surface area contributed by atoms with Gasteiger partial charge in [-0.2, -0.15) is 18.3 Å². The highest BCUT2D eigenvalue weighted by atomic mass is 19.4. The summed E-state index contributed by atoms with van der Waals surface area (Å²) in [5.74, 6) is -1.63. The lowest BCUT2D eigenvalue weighted by atomic mass is 10.2. The Bertz CT molecular complexity index is 151. The first-order valence-corrected chi connectivity index (χ1v) is 2.61. The Morgan fingerprint density at radius 1 is 1.60 bits per heavy atom. The second-order valence-corrected chi connectivity index (χ2v) is 1.94. The van der Waals surface area contributed by atoms with E-state index in [-0.39, 0.29) is 0 Å². The first-order chi connectivity index (χ1) is 4.50. The SMILES string of the molecule is CN1[C]C(C(F)(F)F)C=N1. The molecule has 1 aliphatic rings. The maximum atomic E-state index is 11.8. The third kappa shape index (κ3) is 1.40. The topological polar surface area (TPSA) is 15.6 Å². The molecule has 0 saturated carbocycles. The zero-order chi connectivity index (χ0) is 7.78. The normalized spacial score (nSPS) is 26.0. The highest BCUT2D eigenvalue weighted by Crippen LogP contribution is 2.30. The Kier molecular flexibility index (Phi) is 1.58. The van der Waals surface area contributed by atoms with Crippen molar-refractivity contribution in [3.05, 3.63) is 6.54 Å². The molecule has 0 aromatic carbocycles. The van der Waals surface area contributed by atoms with Gasteiger partial charge in [0.1, 0.15) is 12.5 Å². The summed E-state index contributed by atoms with van der Waals surface area (Å²) in [7, 11) is 1.40. The average Bonchev–Trinajstić information content (AvgIpc) is 2.11. The quantitative estimate of drug-likeness (QED) is 0.505. The molecule has 0 saturated heterocycles. The predicted molar refractivity (Wildman–Crippen MR) is 29.0 cm³/mol. The van der Waals surface area contributed by atoms with Crippen LogP contribution >= 0.6 is 0 Å². The van der Waals surface area contributed by atoms with Gasteiger partial charge in [-0.1, -0.05) is 0 Å². The van der Waals surface area contributed by atoms with Gasteiger partial charge in [-0.3, -0.25) is 5.01 Å². The molecule has 56 valence electrons.